The van der Waals surface area contributed by atoms with Crippen LogP contribution < -0.4 is 16.0 Å². The van der Waals surface area contributed by atoms with Crippen LogP contribution in [0, 0.1) is 6.92 Å². The van der Waals surface area contributed by atoms with Gasteiger partial charge in [0.25, 0.3) is 0 Å². The quantitative estimate of drug-likeness (QED) is 0.434. The molecule has 158 valence electrons. The molecule has 1 saturated heterocycles. The summed E-state index contributed by atoms with van der Waals surface area (Å²) < 4.78 is 0.992. The Balaban J connectivity index is 1.40. The molecule has 1 aliphatic heterocycles. The predicted molar refractivity (Wildman–Crippen MR) is 122 cm³/mol. The Morgan fingerprint density at radius 1 is 1.19 bits per heavy atom. The molecule has 0 aliphatic carbocycles. The fraction of sp³-hybridized carbons (Fsp3) is 0.286. The number of hydrogen-bond donors (Lipinski definition) is 3. The highest BCUT2D eigenvalue weighted by molar-refractivity contribution is 7.21. The van der Waals surface area contributed by atoms with Gasteiger partial charge < -0.3 is 21.1 Å². The van der Waals surface area contributed by atoms with Crippen molar-refractivity contribution in [2.75, 3.05) is 23.4 Å². The third-order valence-corrected chi connectivity index (χ3v) is 6.31. The van der Waals surface area contributed by atoms with Crippen molar-refractivity contribution >= 4 is 39.1 Å². The SMILES string of the molecule is Cc1cccnc1-c1nc2cc(Nc3ccnc(N4C[C@@H](N)C[C@H]4CO)n3)ncc2s1. The predicted octanol–water partition coefficient (Wildman–Crippen LogP) is 2.49. The van der Waals surface area contributed by atoms with E-state index in [2.05, 4.69) is 25.3 Å². The van der Waals surface area contributed by atoms with Gasteiger partial charge in [0, 0.05) is 37.2 Å². The first-order valence-corrected chi connectivity index (χ1v) is 10.8. The van der Waals surface area contributed by atoms with Crippen LogP contribution >= 0.6 is 11.3 Å². The summed E-state index contributed by atoms with van der Waals surface area (Å²) in [6, 6.07) is 7.57. The lowest BCUT2D eigenvalue weighted by molar-refractivity contribution is 0.264. The molecule has 0 aromatic carbocycles. The van der Waals surface area contributed by atoms with Crippen molar-refractivity contribution in [1.82, 2.24) is 24.9 Å². The highest BCUT2D eigenvalue weighted by atomic mass is 32.1. The number of nitrogens with two attached hydrogens (primary N) is 1. The van der Waals surface area contributed by atoms with Crippen molar-refractivity contribution < 1.29 is 5.11 Å². The minimum Gasteiger partial charge on any atom is -0.394 e. The minimum absolute atomic E-state index is 0.00282. The van der Waals surface area contributed by atoms with Crippen LogP contribution in [0.1, 0.15) is 12.0 Å². The third-order valence-electron chi connectivity index (χ3n) is 5.30. The molecule has 10 heteroatoms. The lowest BCUT2D eigenvalue weighted by atomic mass is 10.2. The first-order chi connectivity index (χ1) is 15.1. The number of aliphatic hydroxyl groups is 1. The summed E-state index contributed by atoms with van der Waals surface area (Å²) in [5.74, 6) is 1.80. The van der Waals surface area contributed by atoms with E-state index in [4.69, 9.17) is 10.7 Å². The zero-order chi connectivity index (χ0) is 21.4. The van der Waals surface area contributed by atoms with Gasteiger partial charge in [-0.25, -0.2) is 15.0 Å². The second-order valence-corrected chi connectivity index (χ2v) is 8.61. The number of aryl methyl sites for hydroxylation is 1. The van der Waals surface area contributed by atoms with Crippen LogP contribution in [-0.2, 0) is 0 Å². The van der Waals surface area contributed by atoms with Crippen molar-refractivity contribution in [2.45, 2.75) is 25.4 Å². The van der Waals surface area contributed by atoms with Gasteiger partial charge in [0.05, 0.1) is 22.9 Å². The number of anilines is 3. The molecule has 4 aromatic rings. The summed E-state index contributed by atoms with van der Waals surface area (Å²) in [6.45, 7) is 2.67. The van der Waals surface area contributed by atoms with Gasteiger partial charge in [-0.3, -0.25) is 4.98 Å². The van der Waals surface area contributed by atoms with Crippen molar-refractivity contribution in [2.24, 2.45) is 5.73 Å². The molecule has 9 nitrogen and oxygen atoms in total. The van der Waals surface area contributed by atoms with Gasteiger partial charge in [0.1, 0.15) is 22.3 Å². The highest BCUT2D eigenvalue weighted by Gasteiger charge is 2.31. The molecule has 0 spiro atoms. The van der Waals surface area contributed by atoms with E-state index in [-0.39, 0.29) is 18.7 Å². The lowest BCUT2D eigenvalue weighted by Gasteiger charge is -2.22. The monoisotopic (exact) mass is 434 g/mol. The maximum atomic E-state index is 9.63. The Kier molecular flexibility index (Phi) is 5.18. The molecule has 1 fully saturated rings. The van der Waals surface area contributed by atoms with Crippen molar-refractivity contribution in [3.8, 4) is 10.7 Å². The molecule has 0 bridgehead atoms. The van der Waals surface area contributed by atoms with E-state index in [1.54, 1.807) is 36.0 Å². The summed E-state index contributed by atoms with van der Waals surface area (Å²) in [4.78, 5) is 24.6. The fourth-order valence-electron chi connectivity index (χ4n) is 3.77. The van der Waals surface area contributed by atoms with Crippen LogP contribution in [-0.4, -0.2) is 55.3 Å². The van der Waals surface area contributed by atoms with E-state index in [1.165, 1.54) is 0 Å². The molecule has 5 heterocycles. The molecule has 4 aromatic heterocycles. The summed E-state index contributed by atoms with van der Waals surface area (Å²) in [5, 5.41) is 13.7. The van der Waals surface area contributed by atoms with Crippen molar-refractivity contribution in [3.05, 3.63) is 48.4 Å². The molecule has 4 N–H and O–H groups in total. The number of aromatic nitrogens is 5. The second kappa shape index (κ2) is 8.14. The molecule has 0 saturated carbocycles. The second-order valence-electron chi connectivity index (χ2n) is 7.58. The zero-order valence-corrected chi connectivity index (χ0v) is 17.8. The number of pyridine rings is 2. The number of hydrogen-bond acceptors (Lipinski definition) is 10. The summed E-state index contributed by atoms with van der Waals surface area (Å²) in [6.07, 6.45) is 5.99. The molecule has 2 atom stereocenters. The van der Waals surface area contributed by atoms with Crippen LogP contribution in [0.3, 0.4) is 0 Å². The van der Waals surface area contributed by atoms with Crippen LogP contribution in [0.15, 0.2) is 42.9 Å². The number of aliphatic hydroxyl groups excluding tert-OH is 1. The number of fused-ring (bicyclic) bond motifs is 1. The number of nitrogens with zero attached hydrogens (tertiary/aromatic N) is 6. The molecular weight excluding hydrogens is 412 g/mol. The minimum atomic E-state index is -0.0665. The largest absolute Gasteiger partial charge is 0.394 e. The highest BCUT2D eigenvalue weighted by Crippen LogP contribution is 2.31. The molecule has 5 rings (SSSR count). The normalized spacial score (nSPS) is 18.6. The molecule has 0 unspecified atom stereocenters. The molecule has 0 amide bonds. The maximum Gasteiger partial charge on any atom is 0.227 e. The van der Waals surface area contributed by atoms with E-state index < -0.39 is 0 Å². The average molecular weight is 435 g/mol. The maximum absolute atomic E-state index is 9.63. The van der Waals surface area contributed by atoms with Crippen molar-refractivity contribution in [1.29, 1.82) is 0 Å². The van der Waals surface area contributed by atoms with Gasteiger partial charge >= 0.3 is 0 Å². The standard InChI is InChI=1S/C21H22N8OS/c1-12-3-2-5-23-19(12)20-26-15-8-18(25-9-16(15)31-20)27-17-4-6-24-21(28-17)29-10-13(22)7-14(29)11-30/h2-6,8-9,13-14,30H,7,10-11,22H2,1H3,(H,24,25,27,28)/t13-,14-/m0/s1. The van der Waals surface area contributed by atoms with E-state index in [1.807, 2.05) is 30.0 Å². The van der Waals surface area contributed by atoms with Gasteiger partial charge in [0.15, 0.2) is 0 Å². The smallest absolute Gasteiger partial charge is 0.227 e. The van der Waals surface area contributed by atoms with Gasteiger partial charge in [-0.2, -0.15) is 4.98 Å². The van der Waals surface area contributed by atoms with E-state index >= 15 is 0 Å². The van der Waals surface area contributed by atoms with Crippen LogP contribution in [0.4, 0.5) is 17.6 Å². The van der Waals surface area contributed by atoms with Crippen molar-refractivity contribution in [3.63, 3.8) is 0 Å². The number of rotatable bonds is 5. The zero-order valence-electron chi connectivity index (χ0n) is 16.9. The van der Waals surface area contributed by atoms with Crippen LogP contribution in [0.5, 0.6) is 0 Å². The first-order valence-electron chi connectivity index (χ1n) is 10.0. The van der Waals surface area contributed by atoms with E-state index in [0.717, 1.165) is 32.9 Å². The number of nitrogens with one attached hydrogen (secondary N) is 1. The Labute approximate surface area is 183 Å². The average Bonchev–Trinajstić information content (AvgIpc) is 3.37. The Morgan fingerprint density at radius 2 is 2.10 bits per heavy atom. The Hall–Kier alpha value is -3.21. The lowest BCUT2D eigenvalue weighted by Crippen LogP contribution is -2.34. The van der Waals surface area contributed by atoms with E-state index in [9.17, 15) is 5.11 Å². The fourth-order valence-corrected chi connectivity index (χ4v) is 4.75. The first kappa shape index (κ1) is 19.7. The number of thiazole rings is 1. The Bertz CT molecular complexity index is 1230. The summed E-state index contributed by atoms with van der Waals surface area (Å²) >= 11 is 1.57. The van der Waals surface area contributed by atoms with Gasteiger partial charge in [0.2, 0.25) is 5.95 Å². The molecular formula is C21H22N8OS. The summed E-state index contributed by atoms with van der Waals surface area (Å²) in [5.41, 5.74) is 8.88. The van der Waals surface area contributed by atoms with Gasteiger partial charge in [-0.1, -0.05) is 6.07 Å². The van der Waals surface area contributed by atoms with Gasteiger partial charge in [-0.05, 0) is 31.0 Å². The molecule has 0 radical (unpaired) electrons. The topological polar surface area (TPSA) is 126 Å². The van der Waals surface area contributed by atoms with Gasteiger partial charge in [-0.15, -0.1) is 11.3 Å². The summed E-state index contributed by atoms with van der Waals surface area (Å²) in [7, 11) is 0. The molecule has 31 heavy (non-hydrogen) atoms. The Morgan fingerprint density at radius 3 is 2.94 bits per heavy atom. The molecule has 1 aliphatic rings. The van der Waals surface area contributed by atoms with Crippen LogP contribution in [0.25, 0.3) is 20.9 Å². The van der Waals surface area contributed by atoms with E-state index in [0.29, 0.717) is 24.1 Å². The third kappa shape index (κ3) is 3.92. The van der Waals surface area contributed by atoms with Crippen LogP contribution in [0.2, 0.25) is 0 Å².